The minimum atomic E-state index is 0.0661. The molecule has 2 fully saturated rings. The zero-order valence-electron chi connectivity index (χ0n) is 9.36. The molecule has 1 aliphatic heterocycles. The van der Waals surface area contributed by atoms with Crippen LogP contribution in [-0.4, -0.2) is 11.8 Å². The van der Waals surface area contributed by atoms with Gasteiger partial charge in [0.2, 0.25) is 0 Å². The second-order valence-corrected chi connectivity index (χ2v) is 5.59. The molecule has 0 amide bonds. The van der Waals surface area contributed by atoms with Crippen LogP contribution in [0.1, 0.15) is 25.3 Å². The molecule has 82 valence electrons. The quantitative estimate of drug-likeness (QED) is 0.716. The van der Waals surface area contributed by atoms with Crippen molar-refractivity contribution in [3.63, 3.8) is 0 Å². The molecule has 0 radical (unpaired) electrons. The van der Waals surface area contributed by atoms with Gasteiger partial charge in [-0.3, -0.25) is 4.79 Å². The first-order valence-electron chi connectivity index (χ1n) is 6.12. The number of ketones is 1. The lowest BCUT2D eigenvalue weighted by molar-refractivity contribution is -0.121. The van der Waals surface area contributed by atoms with Crippen LogP contribution in [0.15, 0.2) is 24.3 Å². The maximum atomic E-state index is 12.2. The van der Waals surface area contributed by atoms with E-state index in [-0.39, 0.29) is 17.3 Å². The van der Waals surface area contributed by atoms with E-state index in [2.05, 4.69) is 36.5 Å². The molecule has 4 atom stereocenters. The van der Waals surface area contributed by atoms with Crippen molar-refractivity contribution in [2.75, 3.05) is 5.32 Å². The highest BCUT2D eigenvalue weighted by Crippen LogP contribution is 2.59. The molecule has 2 aliphatic carbocycles. The third-order valence-corrected chi connectivity index (χ3v) is 5.07. The number of carbonyl (C=O) groups is 1. The van der Waals surface area contributed by atoms with Crippen molar-refractivity contribution >= 4 is 11.5 Å². The Hall–Kier alpha value is -1.31. The summed E-state index contributed by atoms with van der Waals surface area (Å²) >= 11 is 0. The first kappa shape index (κ1) is 8.80. The molecule has 1 heterocycles. The summed E-state index contributed by atoms with van der Waals surface area (Å²) in [6.07, 6.45) is 2.18. The van der Waals surface area contributed by atoms with E-state index in [0.717, 1.165) is 12.8 Å². The zero-order chi connectivity index (χ0) is 10.9. The second kappa shape index (κ2) is 2.50. The Morgan fingerprint density at radius 2 is 2.12 bits per heavy atom. The summed E-state index contributed by atoms with van der Waals surface area (Å²) in [5, 5.41) is 3.58. The predicted octanol–water partition coefficient (Wildman–Crippen LogP) is 2.35. The van der Waals surface area contributed by atoms with Crippen molar-refractivity contribution < 1.29 is 4.79 Å². The molecule has 1 N–H and O–H groups in total. The lowest BCUT2D eigenvalue weighted by Gasteiger charge is -2.34. The highest BCUT2D eigenvalue weighted by molar-refractivity contribution is 5.94. The number of para-hydroxylation sites is 1. The number of benzene rings is 1. The molecule has 0 spiro atoms. The highest BCUT2D eigenvalue weighted by Gasteiger charge is 2.64. The lowest BCUT2D eigenvalue weighted by atomic mass is 9.69. The molecular weight excluding hydrogens is 198 g/mol. The zero-order valence-corrected chi connectivity index (χ0v) is 9.36. The van der Waals surface area contributed by atoms with Gasteiger partial charge in [-0.25, -0.2) is 0 Å². The van der Waals surface area contributed by atoms with Gasteiger partial charge in [0.1, 0.15) is 5.78 Å². The topological polar surface area (TPSA) is 29.1 Å². The fraction of sp³-hybridized carbons (Fsp3) is 0.500. The smallest absolute Gasteiger partial charge is 0.142 e. The van der Waals surface area contributed by atoms with E-state index in [0.29, 0.717) is 11.8 Å². The van der Waals surface area contributed by atoms with Gasteiger partial charge in [0, 0.05) is 29.0 Å². The molecule has 1 aromatic carbocycles. The van der Waals surface area contributed by atoms with E-state index in [1.54, 1.807) is 0 Å². The number of carbonyl (C=O) groups excluding carboxylic acids is 1. The summed E-state index contributed by atoms with van der Waals surface area (Å²) in [7, 11) is 0. The maximum Gasteiger partial charge on any atom is 0.142 e. The average molecular weight is 213 g/mol. The molecule has 2 saturated carbocycles. The second-order valence-electron chi connectivity index (χ2n) is 5.59. The van der Waals surface area contributed by atoms with E-state index < -0.39 is 0 Å². The number of rotatable bonds is 0. The summed E-state index contributed by atoms with van der Waals surface area (Å²) in [6, 6.07) is 8.85. The average Bonchev–Trinajstić information content (AvgIpc) is 2.86. The molecule has 4 rings (SSSR count). The van der Waals surface area contributed by atoms with Gasteiger partial charge in [0.05, 0.1) is 0 Å². The Morgan fingerprint density at radius 3 is 3.00 bits per heavy atom. The molecule has 1 aromatic rings. The summed E-state index contributed by atoms with van der Waals surface area (Å²) in [6.45, 7) is 2.28. The number of hydrogen-bond acceptors (Lipinski definition) is 2. The number of anilines is 1. The van der Waals surface area contributed by atoms with Gasteiger partial charge in [-0.1, -0.05) is 25.1 Å². The molecular formula is C14H15NO. The fourth-order valence-electron chi connectivity index (χ4n) is 4.30. The highest BCUT2D eigenvalue weighted by atomic mass is 16.1. The first-order chi connectivity index (χ1) is 7.73. The number of Topliss-reactive ketones (excluding diaryl/α,β-unsaturated/α-hetero) is 1. The Morgan fingerprint density at radius 1 is 1.31 bits per heavy atom. The van der Waals surface area contributed by atoms with Gasteiger partial charge >= 0.3 is 0 Å². The third-order valence-electron chi connectivity index (χ3n) is 5.07. The number of fused-ring (bicyclic) bond motifs is 7. The summed E-state index contributed by atoms with van der Waals surface area (Å²) < 4.78 is 0. The van der Waals surface area contributed by atoms with Crippen LogP contribution >= 0.6 is 0 Å². The van der Waals surface area contributed by atoms with Crippen LogP contribution in [0.3, 0.4) is 0 Å². The van der Waals surface area contributed by atoms with Crippen LogP contribution in [0, 0.1) is 11.8 Å². The van der Waals surface area contributed by atoms with Gasteiger partial charge in [0.15, 0.2) is 0 Å². The van der Waals surface area contributed by atoms with Crippen LogP contribution in [0.2, 0.25) is 0 Å². The first-order valence-corrected chi connectivity index (χ1v) is 6.12. The fourth-order valence-corrected chi connectivity index (χ4v) is 4.30. The molecule has 2 unspecified atom stereocenters. The van der Waals surface area contributed by atoms with Crippen LogP contribution in [0.5, 0.6) is 0 Å². The normalized spacial score (nSPS) is 43.1. The van der Waals surface area contributed by atoms with Crippen molar-refractivity contribution in [2.24, 2.45) is 11.8 Å². The minimum absolute atomic E-state index is 0.0661. The predicted molar refractivity (Wildman–Crippen MR) is 62.4 cm³/mol. The van der Waals surface area contributed by atoms with Crippen molar-refractivity contribution in [1.82, 2.24) is 0 Å². The molecule has 2 bridgehead atoms. The third kappa shape index (κ3) is 0.731. The van der Waals surface area contributed by atoms with E-state index in [4.69, 9.17) is 0 Å². The molecule has 0 saturated heterocycles. The van der Waals surface area contributed by atoms with Crippen LogP contribution in [0.25, 0.3) is 0 Å². The van der Waals surface area contributed by atoms with Crippen molar-refractivity contribution in [1.29, 1.82) is 0 Å². The molecule has 2 heteroatoms. The van der Waals surface area contributed by atoms with Crippen LogP contribution < -0.4 is 5.32 Å². The van der Waals surface area contributed by atoms with Crippen molar-refractivity contribution in [3.05, 3.63) is 29.8 Å². The SMILES string of the molecule is C[C@]12c3ccccc3N[C@H]1C1CCC2C1=O. The maximum absolute atomic E-state index is 12.2. The van der Waals surface area contributed by atoms with Gasteiger partial charge in [-0.15, -0.1) is 0 Å². The number of nitrogens with one attached hydrogen (secondary N) is 1. The van der Waals surface area contributed by atoms with Gasteiger partial charge in [-0.05, 0) is 24.5 Å². The summed E-state index contributed by atoms with van der Waals surface area (Å²) in [5.41, 5.74) is 2.68. The monoisotopic (exact) mass is 213 g/mol. The van der Waals surface area contributed by atoms with Crippen molar-refractivity contribution in [3.8, 4) is 0 Å². The van der Waals surface area contributed by atoms with E-state index in [9.17, 15) is 4.79 Å². The number of hydrogen-bond donors (Lipinski definition) is 1. The molecule has 2 nitrogen and oxygen atoms in total. The van der Waals surface area contributed by atoms with Crippen LogP contribution in [0.4, 0.5) is 5.69 Å². The van der Waals surface area contributed by atoms with Crippen molar-refractivity contribution in [2.45, 2.75) is 31.2 Å². The summed E-state index contributed by atoms with van der Waals surface area (Å²) in [4.78, 5) is 12.2. The molecule has 0 aromatic heterocycles. The molecule has 3 aliphatic rings. The minimum Gasteiger partial charge on any atom is -0.380 e. The standard InChI is InChI=1S/C14H15NO/c1-14-9-4-2-3-5-11(9)15-13(14)8-6-7-10(14)12(8)16/h2-5,8,10,13,15H,6-7H2,1H3/t8?,10?,13-,14+/m0/s1. The van der Waals surface area contributed by atoms with Gasteiger partial charge in [-0.2, -0.15) is 0 Å². The van der Waals surface area contributed by atoms with Gasteiger partial charge < -0.3 is 5.32 Å². The van der Waals surface area contributed by atoms with E-state index >= 15 is 0 Å². The summed E-state index contributed by atoms with van der Waals surface area (Å²) in [5.74, 6) is 1.04. The Balaban J connectivity index is 1.96. The molecule has 16 heavy (non-hydrogen) atoms. The Kier molecular flexibility index (Phi) is 1.38. The lowest BCUT2D eigenvalue weighted by Crippen LogP contribution is -2.41. The van der Waals surface area contributed by atoms with E-state index in [1.165, 1.54) is 11.3 Å². The Labute approximate surface area is 95.0 Å². The van der Waals surface area contributed by atoms with Gasteiger partial charge in [0.25, 0.3) is 0 Å². The van der Waals surface area contributed by atoms with E-state index in [1.807, 2.05) is 0 Å². The Bertz CT molecular complexity index is 495. The largest absolute Gasteiger partial charge is 0.380 e. The van der Waals surface area contributed by atoms with Crippen LogP contribution in [-0.2, 0) is 10.2 Å².